The Morgan fingerprint density at radius 2 is 1.89 bits per heavy atom. The van der Waals surface area contributed by atoms with Gasteiger partial charge in [-0.05, 0) is 30.5 Å². The summed E-state index contributed by atoms with van der Waals surface area (Å²) in [4.78, 5) is 13.1. The number of rotatable bonds is 5. The van der Waals surface area contributed by atoms with Gasteiger partial charge in [-0.15, -0.1) is 0 Å². The number of nitrogens with zero attached hydrogens (tertiary/aromatic N) is 1. The number of anilines is 1. The minimum absolute atomic E-state index is 0.0413. The molecule has 100 valence electrons. The highest BCUT2D eigenvalue weighted by molar-refractivity contribution is 7.98. The fourth-order valence-corrected chi connectivity index (χ4v) is 2.35. The van der Waals surface area contributed by atoms with E-state index in [2.05, 4.69) is 0 Å². The fraction of sp³-hybridized carbons (Fsp3) is 0.364. The first kappa shape index (κ1) is 15.0. The van der Waals surface area contributed by atoms with Crippen molar-refractivity contribution >= 4 is 33.4 Å². The fourth-order valence-electron chi connectivity index (χ4n) is 1.47. The Kier molecular flexibility index (Phi) is 5.18. The lowest BCUT2D eigenvalue weighted by atomic mass is 10.3. The Hall–Kier alpha value is -1.05. The number of carbonyl (C=O) groups is 1. The van der Waals surface area contributed by atoms with Crippen molar-refractivity contribution in [3.63, 3.8) is 0 Å². The van der Waals surface area contributed by atoms with E-state index < -0.39 is 10.0 Å². The van der Waals surface area contributed by atoms with Crippen molar-refractivity contribution in [2.24, 2.45) is 5.14 Å². The Morgan fingerprint density at radius 3 is 2.28 bits per heavy atom. The van der Waals surface area contributed by atoms with Gasteiger partial charge in [0, 0.05) is 24.9 Å². The van der Waals surface area contributed by atoms with Crippen molar-refractivity contribution in [3.8, 4) is 0 Å². The van der Waals surface area contributed by atoms with Crippen LogP contribution in [0.25, 0.3) is 0 Å². The van der Waals surface area contributed by atoms with E-state index in [1.54, 1.807) is 28.8 Å². The van der Waals surface area contributed by atoms with E-state index in [9.17, 15) is 13.2 Å². The summed E-state index contributed by atoms with van der Waals surface area (Å²) in [5.41, 5.74) is 0.670. The molecule has 0 heterocycles. The molecule has 0 saturated heterocycles. The van der Waals surface area contributed by atoms with Gasteiger partial charge in [0.2, 0.25) is 15.9 Å². The molecule has 0 bridgehead atoms. The maximum atomic E-state index is 11.5. The summed E-state index contributed by atoms with van der Waals surface area (Å²) in [6.07, 6.45) is 1.96. The molecule has 0 saturated carbocycles. The number of carbonyl (C=O) groups excluding carboxylic acids is 1. The van der Waals surface area contributed by atoms with E-state index in [1.165, 1.54) is 19.1 Å². The zero-order valence-corrected chi connectivity index (χ0v) is 11.9. The van der Waals surface area contributed by atoms with Crippen LogP contribution >= 0.6 is 11.8 Å². The van der Waals surface area contributed by atoms with Crippen molar-refractivity contribution in [1.29, 1.82) is 0 Å². The number of hydrogen-bond donors (Lipinski definition) is 1. The second-order valence-electron chi connectivity index (χ2n) is 3.70. The molecule has 0 unspecified atom stereocenters. The zero-order chi connectivity index (χ0) is 13.8. The molecule has 0 aliphatic carbocycles. The highest BCUT2D eigenvalue weighted by Gasteiger charge is 2.12. The van der Waals surface area contributed by atoms with Gasteiger partial charge in [-0.3, -0.25) is 4.79 Å². The van der Waals surface area contributed by atoms with Gasteiger partial charge < -0.3 is 4.90 Å². The molecule has 0 aliphatic heterocycles. The van der Waals surface area contributed by atoms with E-state index >= 15 is 0 Å². The van der Waals surface area contributed by atoms with Crippen LogP contribution in [-0.2, 0) is 14.8 Å². The minimum Gasteiger partial charge on any atom is -0.312 e. The molecule has 7 heteroatoms. The maximum absolute atomic E-state index is 11.5. The van der Waals surface area contributed by atoms with Crippen LogP contribution in [0.5, 0.6) is 0 Å². The van der Waals surface area contributed by atoms with Crippen LogP contribution in [0, 0.1) is 0 Å². The third-order valence-electron chi connectivity index (χ3n) is 2.38. The van der Waals surface area contributed by atoms with Gasteiger partial charge in [-0.2, -0.15) is 11.8 Å². The van der Waals surface area contributed by atoms with Crippen molar-refractivity contribution in [3.05, 3.63) is 24.3 Å². The van der Waals surface area contributed by atoms with E-state index in [4.69, 9.17) is 5.14 Å². The molecular formula is C11H16N2O3S2. The first-order valence-electron chi connectivity index (χ1n) is 5.26. The molecule has 0 aromatic heterocycles. The molecule has 1 amide bonds. The number of primary sulfonamides is 1. The monoisotopic (exact) mass is 288 g/mol. The predicted molar refractivity (Wildman–Crippen MR) is 74.2 cm³/mol. The van der Waals surface area contributed by atoms with Gasteiger partial charge >= 0.3 is 0 Å². The molecule has 2 N–H and O–H groups in total. The topological polar surface area (TPSA) is 80.5 Å². The van der Waals surface area contributed by atoms with Gasteiger partial charge in [-0.1, -0.05) is 0 Å². The molecule has 18 heavy (non-hydrogen) atoms. The summed E-state index contributed by atoms with van der Waals surface area (Å²) in [6, 6.07) is 5.97. The highest BCUT2D eigenvalue weighted by atomic mass is 32.2. The van der Waals surface area contributed by atoms with E-state index in [-0.39, 0.29) is 10.8 Å². The molecule has 5 nitrogen and oxygen atoms in total. The Labute approximate surface area is 111 Å². The lowest BCUT2D eigenvalue weighted by molar-refractivity contribution is -0.116. The van der Waals surface area contributed by atoms with E-state index in [1.807, 2.05) is 6.26 Å². The van der Waals surface area contributed by atoms with Crippen molar-refractivity contribution in [1.82, 2.24) is 0 Å². The average molecular weight is 288 g/mol. The summed E-state index contributed by atoms with van der Waals surface area (Å²) in [7, 11) is -3.69. The molecule has 0 fully saturated rings. The molecule has 0 aliphatic rings. The summed E-state index contributed by atoms with van der Waals surface area (Å²) in [6.45, 7) is 2.07. The summed E-state index contributed by atoms with van der Waals surface area (Å²) in [5.74, 6) is 0.740. The lowest BCUT2D eigenvalue weighted by Gasteiger charge is -2.20. The van der Waals surface area contributed by atoms with Crippen LogP contribution in [0.2, 0.25) is 0 Å². The second kappa shape index (κ2) is 6.21. The lowest BCUT2D eigenvalue weighted by Crippen LogP contribution is -2.30. The second-order valence-corrected chi connectivity index (χ2v) is 6.25. The molecular weight excluding hydrogens is 272 g/mol. The Bertz CT molecular complexity index is 512. The largest absolute Gasteiger partial charge is 0.312 e. The Balaban J connectivity index is 2.97. The predicted octanol–water partition coefficient (Wildman–Crippen LogP) is 1.05. The van der Waals surface area contributed by atoms with Gasteiger partial charge in [-0.25, -0.2) is 13.6 Å². The molecule has 1 aromatic rings. The third kappa shape index (κ3) is 4.01. The summed E-state index contributed by atoms with van der Waals surface area (Å²) in [5, 5.41) is 5.01. The van der Waals surface area contributed by atoms with Crippen molar-refractivity contribution in [2.75, 3.05) is 23.5 Å². The maximum Gasteiger partial charge on any atom is 0.238 e. The van der Waals surface area contributed by atoms with Crippen molar-refractivity contribution in [2.45, 2.75) is 11.8 Å². The normalized spacial score (nSPS) is 11.3. The molecule has 1 rings (SSSR count). The van der Waals surface area contributed by atoms with Crippen LogP contribution in [0.1, 0.15) is 6.92 Å². The number of sulfonamides is 1. The average Bonchev–Trinajstić information content (AvgIpc) is 2.28. The molecule has 0 spiro atoms. The van der Waals surface area contributed by atoms with Gasteiger partial charge in [0.15, 0.2) is 0 Å². The van der Waals surface area contributed by atoms with Crippen LogP contribution in [0.3, 0.4) is 0 Å². The minimum atomic E-state index is -3.69. The number of amides is 1. The number of nitrogens with two attached hydrogens (primary N) is 1. The standard InChI is InChI=1S/C11H16N2O3S2/c1-9(14)13(7-8-17-2)10-3-5-11(6-4-10)18(12,15)16/h3-6H,7-8H2,1-2H3,(H2,12,15,16). The van der Waals surface area contributed by atoms with Gasteiger partial charge in [0.05, 0.1) is 4.90 Å². The van der Waals surface area contributed by atoms with Gasteiger partial charge in [0.25, 0.3) is 0 Å². The quantitative estimate of drug-likeness (QED) is 0.878. The van der Waals surface area contributed by atoms with Crippen LogP contribution in [0.4, 0.5) is 5.69 Å². The van der Waals surface area contributed by atoms with Gasteiger partial charge in [0.1, 0.15) is 0 Å². The molecule has 0 radical (unpaired) electrons. The summed E-state index contributed by atoms with van der Waals surface area (Å²) >= 11 is 1.64. The number of thioether (sulfide) groups is 1. The smallest absolute Gasteiger partial charge is 0.238 e. The van der Waals surface area contributed by atoms with Crippen LogP contribution < -0.4 is 10.0 Å². The SMILES string of the molecule is CSCCN(C(C)=O)c1ccc(S(N)(=O)=O)cc1. The first-order chi connectivity index (χ1) is 8.36. The first-order valence-corrected chi connectivity index (χ1v) is 8.20. The zero-order valence-electron chi connectivity index (χ0n) is 10.3. The van der Waals surface area contributed by atoms with Crippen LogP contribution in [0.15, 0.2) is 29.2 Å². The highest BCUT2D eigenvalue weighted by Crippen LogP contribution is 2.18. The molecule has 0 atom stereocenters. The Morgan fingerprint density at radius 1 is 1.33 bits per heavy atom. The number of hydrogen-bond acceptors (Lipinski definition) is 4. The third-order valence-corrected chi connectivity index (χ3v) is 3.90. The molecule has 1 aromatic carbocycles. The van der Waals surface area contributed by atoms with Crippen molar-refractivity contribution < 1.29 is 13.2 Å². The number of benzene rings is 1. The van der Waals surface area contributed by atoms with E-state index in [0.717, 1.165) is 5.75 Å². The van der Waals surface area contributed by atoms with Crippen LogP contribution in [-0.4, -0.2) is 32.9 Å². The van der Waals surface area contributed by atoms with E-state index in [0.29, 0.717) is 12.2 Å². The summed E-state index contributed by atoms with van der Waals surface area (Å²) < 4.78 is 22.2.